The van der Waals surface area contributed by atoms with Crippen LogP contribution < -0.4 is 5.32 Å². The van der Waals surface area contributed by atoms with Gasteiger partial charge < -0.3 is 5.32 Å². The van der Waals surface area contributed by atoms with Crippen molar-refractivity contribution in [3.63, 3.8) is 0 Å². The number of benzene rings is 2. The quantitative estimate of drug-likeness (QED) is 0.865. The van der Waals surface area contributed by atoms with E-state index in [1.54, 1.807) is 6.07 Å². The Labute approximate surface area is 111 Å². The van der Waals surface area contributed by atoms with Gasteiger partial charge in [-0.1, -0.05) is 24.3 Å². The average Bonchev–Trinajstić information content (AvgIpc) is 2.42. The standard InChI is InChI=1S/C16H15F2N/c17-14-6-4-11(5-7-14)8-12-9-13-2-1-3-15(18)16(13)19-10-12/h1-7,12,19H,8-10H2. The Kier molecular flexibility index (Phi) is 3.20. The summed E-state index contributed by atoms with van der Waals surface area (Å²) in [6.07, 6.45) is 1.74. The van der Waals surface area contributed by atoms with E-state index in [1.807, 2.05) is 18.2 Å². The van der Waals surface area contributed by atoms with Crippen molar-refractivity contribution in [3.05, 3.63) is 65.2 Å². The number of fused-ring (bicyclic) bond motifs is 1. The molecule has 19 heavy (non-hydrogen) atoms. The summed E-state index contributed by atoms with van der Waals surface area (Å²) in [5.41, 5.74) is 2.78. The molecule has 0 amide bonds. The van der Waals surface area contributed by atoms with Crippen molar-refractivity contribution in [2.45, 2.75) is 12.8 Å². The zero-order chi connectivity index (χ0) is 13.2. The lowest BCUT2D eigenvalue weighted by Crippen LogP contribution is -2.25. The van der Waals surface area contributed by atoms with Crippen LogP contribution in [0.3, 0.4) is 0 Å². The monoisotopic (exact) mass is 259 g/mol. The molecule has 0 aliphatic carbocycles. The molecule has 2 aromatic carbocycles. The van der Waals surface area contributed by atoms with Gasteiger partial charge in [-0.15, -0.1) is 0 Å². The summed E-state index contributed by atoms with van der Waals surface area (Å²) in [7, 11) is 0. The topological polar surface area (TPSA) is 12.0 Å². The summed E-state index contributed by atoms with van der Waals surface area (Å²) in [6.45, 7) is 0.755. The lowest BCUT2D eigenvalue weighted by Gasteiger charge is -2.26. The van der Waals surface area contributed by atoms with Crippen LogP contribution in [0.5, 0.6) is 0 Å². The van der Waals surface area contributed by atoms with Crippen molar-refractivity contribution < 1.29 is 8.78 Å². The largest absolute Gasteiger partial charge is 0.382 e. The van der Waals surface area contributed by atoms with Crippen molar-refractivity contribution in [2.24, 2.45) is 5.92 Å². The summed E-state index contributed by atoms with van der Waals surface area (Å²) in [6, 6.07) is 11.8. The number of nitrogens with one attached hydrogen (secondary N) is 1. The Balaban J connectivity index is 1.74. The maximum absolute atomic E-state index is 13.6. The van der Waals surface area contributed by atoms with Gasteiger partial charge in [-0.3, -0.25) is 0 Å². The summed E-state index contributed by atoms with van der Waals surface area (Å²) in [5, 5.41) is 3.16. The van der Waals surface area contributed by atoms with Crippen molar-refractivity contribution >= 4 is 5.69 Å². The molecule has 3 rings (SSSR count). The molecule has 1 N–H and O–H groups in total. The molecule has 0 bridgehead atoms. The zero-order valence-corrected chi connectivity index (χ0v) is 10.5. The van der Waals surface area contributed by atoms with Crippen LogP contribution in [-0.4, -0.2) is 6.54 Å². The maximum Gasteiger partial charge on any atom is 0.146 e. The third kappa shape index (κ3) is 2.60. The molecule has 1 aliphatic heterocycles. The Bertz CT molecular complexity index is 578. The van der Waals surface area contributed by atoms with Gasteiger partial charge in [-0.2, -0.15) is 0 Å². The smallest absolute Gasteiger partial charge is 0.146 e. The molecule has 1 nitrogen and oxygen atoms in total. The van der Waals surface area contributed by atoms with Gasteiger partial charge in [-0.05, 0) is 48.1 Å². The SMILES string of the molecule is Fc1ccc(CC2CNc3c(F)cccc3C2)cc1. The number of rotatable bonds is 2. The number of para-hydroxylation sites is 1. The molecule has 0 spiro atoms. The van der Waals surface area contributed by atoms with Gasteiger partial charge in [-0.25, -0.2) is 8.78 Å². The molecule has 0 aromatic heterocycles. The highest BCUT2D eigenvalue weighted by molar-refractivity contribution is 5.54. The zero-order valence-electron chi connectivity index (χ0n) is 10.5. The molecule has 98 valence electrons. The predicted molar refractivity (Wildman–Crippen MR) is 72.2 cm³/mol. The minimum atomic E-state index is -0.210. The third-order valence-corrected chi connectivity index (χ3v) is 3.61. The van der Waals surface area contributed by atoms with Gasteiger partial charge in [0.2, 0.25) is 0 Å². The fourth-order valence-electron chi connectivity index (χ4n) is 2.66. The average molecular weight is 259 g/mol. The van der Waals surface area contributed by atoms with Gasteiger partial charge in [0.15, 0.2) is 0 Å². The maximum atomic E-state index is 13.6. The lowest BCUT2D eigenvalue weighted by molar-refractivity contribution is 0.524. The minimum Gasteiger partial charge on any atom is -0.382 e. The highest BCUT2D eigenvalue weighted by Gasteiger charge is 2.20. The van der Waals surface area contributed by atoms with Crippen LogP contribution in [0.25, 0.3) is 0 Å². The van der Waals surface area contributed by atoms with E-state index >= 15 is 0 Å². The van der Waals surface area contributed by atoms with Gasteiger partial charge in [0, 0.05) is 6.54 Å². The van der Waals surface area contributed by atoms with E-state index in [9.17, 15) is 8.78 Å². The normalized spacial score (nSPS) is 17.7. The number of hydrogen-bond acceptors (Lipinski definition) is 1. The van der Waals surface area contributed by atoms with Crippen molar-refractivity contribution in [2.75, 3.05) is 11.9 Å². The molecule has 0 fully saturated rings. The van der Waals surface area contributed by atoms with E-state index in [2.05, 4.69) is 5.32 Å². The fraction of sp³-hybridized carbons (Fsp3) is 0.250. The molecule has 1 heterocycles. The Morgan fingerprint density at radius 2 is 1.84 bits per heavy atom. The molecule has 0 saturated heterocycles. The first-order valence-electron chi connectivity index (χ1n) is 6.48. The second-order valence-electron chi connectivity index (χ2n) is 5.06. The number of hydrogen-bond donors (Lipinski definition) is 1. The molecular weight excluding hydrogens is 244 g/mol. The van der Waals surface area contributed by atoms with E-state index in [1.165, 1.54) is 18.2 Å². The van der Waals surface area contributed by atoms with Crippen LogP contribution in [0, 0.1) is 17.6 Å². The molecule has 0 radical (unpaired) electrons. The van der Waals surface area contributed by atoms with Crippen molar-refractivity contribution in [1.82, 2.24) is 0 Å². The van der Waals surface area contributed by atoms with Gasteiger partial charge in [0.05, 0.1) is 5.69 Å². The highest BCUT2D eigenvalue weighted by atomic mass is 19.1. The van der Waals surface area contributed by atoms with Crippen LogP contribution in [0.1, 0.15) is 11.1 Å². The summed E-state index contributed by atoms with van der Waals surface area (Å²) in [5.74, 6) is 0.0235. The third-order valence-electron chi connectivity index (χ3n) is 3.61. The molecular formula is C16H15F2N. The second kappa shape index (κ2) is 5.00. The predicted octanol–water partition coefficient (Wildman–Crippen LogP) is 3.79. The Hall–Kier alpha value is -1.90. The first-order valence-corrected chi connectivity index (χ1v) is 6.48. The van der Waals surface area contributed by atoms with E-state index in [0.717, 1.165) is 30.5 Å². The highest BCUT2D eigenvalue weighted by Crippen LogP contribution is 2.28. The fourth-order valence-corrected chi connectivity index (χ4v) is 2.66. The van der Waals surface area contributed by atoms with Crippen LogP contribution in [0.15, 0.2) is 42.5 Å². The van der Waals surface area contributed by atoms with Gasteiger partial charge in [0.1, 0.15) is 11.6 Å². The molecule has 0 saturated carbocycles. The van der Waals surface area contributed by atoms with E-state index in [0.29, 0.717) is 11.6 Å². The first kappa shape index (κ1) is 12.2. The lowest BCUT2D eigenvalue weighted by atomic mass is 9.89. The molecule has 3 heteroatoms. The Morgan fingerprint density at radius 3 is 2.63 bits per heavy atom. The first-order chi connectivity index (χ1) is 9.22. The Morgan fingerprint density at radius 1 is 1.05 bits per heavy atom. The second-order valence-corrected chi connectivity index (χ2v) is 5.06. The van der Waals surface area contributed by atoms with Crippen molar-refractivity contribution in [3.8, 4) is 0 Å². The van der Waals surface area contributed by atoms with Crippen LogP contribution >= 0.6 is 0 Å². The van der Waals surface area contributed by atoms with Gasteiger partial charge in [0.25, 0.3) is 0 Å². The summed E-state index contributed by atoms with van der Waals surface area (Å²) in [4.78, 5) is 0. The van der Waals surface area contributed by atoms with Gasteiger partial charge >= 0.3 is 0 Å². The van der Waals surface area contributed by atoms with E-state index in [4.69, 9.17) is 0 Å². The number of halogens is 2. The molecule has 1 unspecified atom stereocenters. The van der Waals surface area contributed by atoms with Crippen LogP contribution in [0.2, 0.25) is 0 Å². The van der Waals surface area contributed by atoms with Crippen LogP contribution in [-0.2, 0) is 12.8 Å². The summed E-state index contributed by atoms with van der Waals surface area (Å²) >= 11 is 0. The van der Waals surface area contributed by atoms with Crippen molar-refractivity contribution in [1.29, 1.82) is 0 Å². The van der Waals surface area contributed by atoms with E-state index < -0.39 is 0 Å². The van der Waals surface area contributed by atoms with Crippen LogP contribution in [0.4, 0.5) is 14.5 Å². The summed E-state index contributed by atoms with van der Waals surface area (Å²) < 4.78 is 26.4. The number of anilines is 1. The molecule has 2 aromatic rings. The molecule has 1 aliphatic rings. The van der Waals surface area contributed by atoms with E-state index in [-0.39, 0.29) is 11.6 Å². The molecule has 1 atom stereocenters. The minimum absolute atomic E-state index is 0.183.